The maximum absolute atomic E-state index is 5.56. The molecule has 0 aliphatic rings. The molecule has 2 rings (SSSR count). The van der Waals surface area contributed by atoms with Gasteiger partial charge in [0.2, 0.25) is 0 Å². The number of nitrogen functional groups attached to an aromatic ring is 1. The monoisotopic (exact) mass is 222 g/mol. The zero-order valence-electron chi connectivity index (χ0n) is 6.06. The number of aromatic nitrogens is 1. The third-order valence-corrected chi connectivity index (χ3v) is 2.15. The lowest BCUT2D eigenvalue weighted by molar-refractivity contribution is 1.50. The van der Waals surface area contributed by atoms with Crippen LogP contribution in [0.5, 0.6) is 0 Å². The van der Waals surface area contributed by atoms with E-state index in [0.29, 0.717) is 0 Å². The average molecular weight is 223 g/mol. The van der Waals surface area contributed by atoms with Crippen LogP contribution in [-0.4, -0.2) is 4.98 Å². The maximum atomic E-state index is 5.56. The van der Waals surface area contributed by atoms with Crippen molar-refractivity contribution in [3.8, 4) is 0 Å². The fourth-order valence-electron chi connectivity index (χ4n) is 0.872. The van der Waals surface area contributed by atoms with Gasteiger partial charge in [0.25, 0.3) is 0 Å². The molecular formula is C7H8Cl2N2S. The van der Waals surface area contributed by atoms with Crippen molar-refractivity contribution in [2.75, 3.05) is 5.73 Å². The second kappa shape index (κ2) is 4.50. The summed E-state index contributed by atoms with van der Waals surface area (Å²) in [7, 11) is 0. The fraction of sp³-hybridized carbons (Fsp3) is 0. The summed E-state index contributed by atoms with van der Waals surface area (Å²) in [6, 6.07) is 5.73. The number of rotatable bonds is 0. The molecule has 0 fully saturated rings. The van der Waals surface area contributed by atoms with Gasteiger partial charge < -0.3 is 5.73 Å². The van der Waals surface area contributed by atoms with Gasteiger partial charge in [0.1, 0.15) is 0 Å². The van der Waals surface area contributed by atoms with Gasteiger partial charge in [0.05, 0.1) is 15.7 Å². The standard InChI is InChI=1S/C7H6N2S.2ClH/c8-5-1-2-6-7(3-5)10-4-9-6;;/h1-4H,8H2;2*1H. The summed E-state index contributed by atoms with van der Waals surface area (Å²) in [6.45, 7) is 0. The van der Waals surface area contributed by atoms with E-state index in [4.69, 9.17) is 5.73 Å². The number of nitrogens with two attached hydrogens (primary N) is 1. The first-order valence-electron chi connectivity index (χ1n) is 2.95. The van der Waals surface area contributed by atoms with Crippen molar-refractivity contribution in [3.63, 3.8) is 0 Å². The number of anilines is 1. The third-order valence-electron chi connectivity index (χ3n) is 1.36. The summed E-state index contributed by atoms with van der Waals surface area (Å²) < 4.78 is 1.15. The average Bonchev–Trinajstić information content (AvgIpc) is 2.33. The Balaban J connectivity index is 0.000000605. The molecular weight excluding hydrogens is 215 g/mol. The van der Waals surface area contributed by atoms with E-state index in [9.17, 15) is 0 Å². The molecule has 12 heavy (non-hydrogen) atoms. The number of nitrogens with zero attached hydrogens (tertiary/aromatic N) is 1. The third kappa shape index (κ3) is 2.00. The van der Waals surface area contributed by atoms with E-state index in [1.54, 1.807) is 11.3 Å². The van der Waals surface area contributed by atoms with Gasteiger partial charge in [-0.15, -0.1) is 36.2 Å². The number of halogens is 2. The van der Waals surface area contributed by atoms with Crippen molar-refractivity contribution >= 4 is 52.1 Å². The Bertz CT molecular complexity index is 361. The Hall–Kier alpha value is -0.510. The van der Waals surface area contributed by atoms with E-state index >= 15 is 0 Å². The summed E-state index contributed by atoms with van der Waals surface area (Å²) >= 11 is 1.61. The van der Waals surface area contributed by atoms with Crippen molar-refractivity contribution in [1.29, 1.82) is 0 Å². The summed E-state index contributed by atoms with van der Waals surface area (Å²) in [5.41, 5.74) is 9.22. The van der Waals surface area contributed by atoms with Gasteiger partial charge >= 0.3 is 0 Å². The predicted molar refractivity (Wildman–Crippen MR) is 58.5 cm³/mol. The quantitative estimate of drug-likeness (QED) is 0.697. The number of fused-ring (bicyclic) bond motifs is 1. The van der Waals surface area contributed by atoms with Gasteiger partial charge in [-0.2, -0.15) is 0 Å². The second-order valence-electron chi connectivity index (χ2n) is 2.08. The van der Waals surface area contributed by atoms with E-state index in [2.05, 4.69) is 4.98 Å². The van der Waals surface area contributed by atoms with Crippen LogP contribution in [0.4, 0.5) is 5.69 Å². The summed E-state index contributed by atoms with van der Waals surface area (Å²) in [5.74, 6) is 0. The fourth-order valence-corrected chi connectivity index (χ4v) is 1.60. The molecule has 2 aromatic rings. The molecule has 0 radical (unpaired) electrons. The minimum absolute atomic E-state index is 0. The van der Waals surface area contributed by atoms with Crippen molar-refractivity contribution in [3.05, 3.63) is 23.7 Å². The topological polar surface area (TPSA) is 38.9 Å². The molecule has 1 aromatic heterocycles. The lowest BCUT2D eigenvalue weighted by Gasteiger charge is -1.89. The molecule has 0 aliphatic carbocycles. The molecule has 66 valence electrons. The lowest BCUT2D eigenvalue weighted by atomic mass is 10.3. The molecule has 2 N–H and O–H groups in total. The van der Waals surface area contributed by atoms with Gasteiger partial charge in [0.15, 0.2) is 0 Å². The first-order valence-corrected chi connectivity index (χ1v) is 3.83. The Labute approximate surface area is 86.6 Å². The summed E-state index contributed by atoms with van der Waals surface area (Å²) in [4.78, 5) is 4.12. The van der Waals surface area contributed by atoms with Crippen LogP contribution >= 0.6 is 36.2 Å². The van der Waals surface area contributed by atoms with E-state index in [1.165, 1.54) is 0 Å². The Morgan fingerprint density at radius 3 is 2.75 bits per heavy atom. The highest BCUT2D eigenvalue weighted by Crippen LogP contribution is 2.19. The van der Waals surface area contributed by atoms with Gasteiger partial charge in [-0.1, -0.05) is 0 Å². The highest BCUT2D eigenvalue weighted by Gasteiger charge is 1.93. The minimum atomic E-state index is 0. The van der Waals surface area contributed by atoms with Crippen molar-refractivity contribution in [1.82, 2.24) is 4.98 Å². The smallest absolute Gasteiger partial charge is 0.0813 e. The molecule has 2 nitrogen and oxygen atoms in total. The minimum Gasteiger partial charge on any atom is -0.399 e. The highest BCUT2D eigenvalue weighted by molar-refractivity contribution is 7.16. The predicted octanol–water partition coefficient (Wildman–Crippen LogP) is 2.72. The van der Waals surface area contributed by atoms with Crippen LogP contribution in [0.2, 0.25) is 0 Å². The molecule has 0 spiro atoms. The Kier molecular flexibility index (Phi) is 4.31. The van der Waals surface area contributed by atoms with E-state index < -0.39 is 0 Å². The normalized spacial score (nSPS) is 8.67. The van der Waals surface area contributed by atoms with Crippen LogP contribution in [0.1, 0.15) is 0 Å². The Morgan fingerprint density at radius 2 is 2.00 bits per heavy atom. The first kappa shape index (κ1) is 11.5. The van der Waals surface area contributed by atoms with E-state index in [-0.39, 0.29) is 24.8 Å². The second-order valence-corrected chi connectivity index (χ2v) is 2.97. The molecule has 0 amide bonds. The molecule has 1 heterocycles. The number of hydrogen-bond acceptors (Lipinski definition) is 3. The molecule has 0 atom stereocenters. The zero-order valence-corrected chi connectivity index (χ0v) is 8.51. The largest absolute Gasteiger partial charge is 0.399 e. The number of thiazole rings is 1. The maximum Gasteiger partial charge on any atom is 0.0813 e. The molecule has 0 aliphatic heterocycles. The summed E-state index contributed by atoms with van der Waals surface area (Å²) in [6.07, 6.45) is 0. The lowest BCUT2D eigenvalue weighted by Crippen LogP contribution is -1.81. The first-order chi connectivity index (χ1) is 4.86. The Morgan fingerprint density at radius 1 is 1.25 bits per heavy atom. The van der Waals surface area contributed by atoms with Crippen LogP contribution in [0.15, 0.2) is 23.7 Å². The van der Waals surface area contributed by atoms with Crippen LogP contribution in [-0.2, 0) is 0 Å². The molecule has 1 aromatic carbocycles. The molecule has 0 bridgehead atoms. The van der Waals surface area contributed by atoms with Gasteiger partial charge in [-0.25, -0.2) is 4.98 Å². The van der Waals surface area contributed by atoms with E-state index in [1.807, 2.05) is 23.7 Å². The number of hydrogen-bond donors (Lipinski definition) is 1. The van der Waals surface area contributed by atoms with Crippen LogP contribution in [0, 0.1) is 0 Å². The van der Waals surface area contributed by atoms with Crippen molar-refractivity contribution in [2.24, 2.45) is 0 Å². The van der Waals surface area contributed by atoms with Crippen LogP contribution < -0.4 is 5.73 Å². The van der Waals surface area contributed by atoms with Crippen molar-refractivity contribution in [2.45, 2.75) is 0 Å². The molecule has 5 heteroatoms. The SMILES string of the molecule is Cl.Cl.Nc1ccc2ncsc2c1. The van der Waals surface area contributed by atoms with E-state index in [0.717, 1.165) is 15.9 Å². The number of benzene rings is 1. The van der Waals surface area contributed by atoms with Crippen LogP contribution in [0.25, 0.3) is 10.2 Å². The van der Waals surface area contributed by atoms with Gasteiger partial charge in [-0.3, -0.25) is 0 Å². The zero-order chi connectivity index (χ0) is 6.97. The van der Waals surface area contributed by atoms with Crippen LogP contribution in [0.3, 0.4) is 0 Å². The molecule has 0 saturated carbocycles. The molecule has 0 unspecified atom stereocenters. The van der Waals surface area contributed by atoms with Gasteiger partial charge in [0, 0.05) is 5.69 Å². The highest BCUT2D eigenvalue weighted by atomic mass is 35.5. The summed E-state index contributed by atoms with van der Waals surface area (Å²) in [5, 5.41) is 0. The molecule has 0 saturated heterocycles. The van der Waals surface area contributed by atoms with Gasteiger partial charge in [-0.05, 0) is 18.2 Å². The van der Waals surface area contributed by atoms with Crippen molar-refractivity contribution < 1.29 is 0 Å².